The van der Waals surface area contributed by atoms with Crippen molar-refractivity contribution in [2.24, 2.45) is 0 Å². The first kappa shape index (κ1) is 13.5. The molecule has 0 unspecified atom stereocenters. The van der Waals surface area contributed by atoms with Crippen LogP contribution in [0.2, 0.25) is 0 Å². The lowest BCUT2D eigenvalue weighted by molar-refractivity contribution is -0.134. The van der Waals surface area contributed by atoms with E-state index in [2.05, 4.69) is 0 Å². The van der Waals surface area contributed by atoms with Crippen LogP contribution in [0.25, 0.3) is 6.08 Å². The van der Waals surface area contributed by atoms with Crippen molar-refractivity contribution in [1.82, 2.24) is 0 Å². The first-order valence-corrected chi connectivity index (χ1v) is 5.03. The van der Waals surface area contributed by atoms with E-state index in [-0.39, 0.29) is 5.57 Å². The number of benzene rings is 1. The van der Waals surface area contributed by atoms with Crippen molar-refractivity contribution in [2.75, 3.05) is 7.11 Å². The maximum Gasteiger partial charge on any atom is 0.339 e. The highest BCUT2D eigenvalue weighted by Gasteiger charge is 2.14. The first-order valence-electron chi connectivity index (χ1n) is 5.03. The zero-order valence-corrected chi connectivity index (χ0v) is 9.93. The maximum atomic E-state index is 11.2. The van der Waals surface area contributed by atoms with Crippen LogP contribution in [-0.4, -0.2) is 24.0 Å². The molecule has 5 nitrogen and oxygen atoms in total. The molecule has 1 aromatic carbocycles. The summed E-state index contributed by atoms with van der Waals surface area (Å²) < 4.78 is 5.05. The number of nitriles is 1. The molecule has 0 fully saturated rings. The number of methoxy groups -OCH3 is 1. The maximum absolute atomic E-state index is 11.2. The van der Waals surface area contributed by atoms with E-state index in [9.17, 15) is 9.59 Å². The minimum absolute atomic E-state index is 0.335. The number of carboxylic acids is 1. The van der Waals surface area contributed by atoms with Gasteiger partial charge in [0.2, 0.25) is 0 Å². The molecule has 5 heteroatoms. The molecular formula is C13H11NO4. The molecule has 0 aromatic heterocycles. The van der Waals surface area contributed by atoms with Gasteiger partial charge in [-0.2, -0.15) is 5.26 Å². The Morgan fingerprint density at radius 3 is 2.56 bits per heavy atom. The first-order chi connectivity index (χ1) is 8.49. The zero-order chi connectivity index (χ0) is 13.7. The molecule has 0 saturated heterocycles. The lowest BCUT2D eigenvalue weighted by Gasteiger charge is -2.06. The smallest absolute Gasteiger partial charge is 0.339 e. The Bertz CT molecular complexity index is 551. The van der Waals surface area contributed by atoms with E-state index in [0.717, 1.165) is 0 Å². The van der Waals surface area contributed by atoms with Crippen molar-refractivity contribution in [3.05, 3.63) is 34.9 Å². The summed E-state index contributed by atoms with van der Waals surface area (Å²) in [6, 6.07) is 6.47. The van der Waals surface area contributed by atoms with Crippen molar-refractivity contribution < 1.29 is 19.4 Å². The third-order valence-electron chi connectivity index (χ3n) is 2.27. The molecule has 0 aliphatic carbocycles. The number of hydrogen-bond acceptors (Lipinski definition) is 4. The summed E-state index contributed by atoms with van der Waals surface area (Å²) >= 11 is 0. The summed E-state index contributed by atoms with van der Waals surface area (Å²) in [4.78, 5) is 22.1. The predicted molar refractivity (Wildman–Crippen MR) is 64.0 cm³/mol. The van der Waals surface area contributed by atoms with Gasteiger partial charge >= 0.3 is 5.97 Å². The second kappa shape index (κ2) is 5.64. The fourth-order valence-corrected chi connectivity index (χ4v) is 1.37. The van der Waals surface area contributed by atoms with E-state index in [1.807, 2.05) is 6.07 Å². The number of carboxylic acid groups (broad SMARTS) is 1. The Labute approximate surface area is 104 Å². The van der Waals surface area contributed by atoms with Crippen molar-refractivity contribution >= 4 is 17.8 Å². The van der Waals surface area contributed by atoms with Gasteiger partial charge < -0.3 is 9.84 Å². The minimum Gasteiger partial charge on any atom is -0.496 e. The number of nitrogens with zero attached hydrogens (tertiary/aromatic N) is 1. The zero-order valence-electron chi connectivity index (χ0n) is 9.93. The Morgan fingerprint density at radius 2 is 2.11 bits per heavy atom. The van der Waals surface area contributed by atoms with Gasteiger partial charge in [-0.15, -0.1) is 0 Å². The van der Waals surface area contributed by atoms with Gasteiger partial charge in [-0.05, 0) is 31.2 Å². The Hall–Kier alpha value is -2.61. The topological polar surface area (TPSA) is 87.4 Å². The van der Waals surface area contributed by atoms with Gasteiger partial charge in [0.05, 0.1) is 18.7 Å². The molecule has 0 atom stereocenters. The van der Waals surface area contributed by atoms with Crippen LogP contribution < -0.4 is 4.74 Å². The third-order valence-corrected chi connectivity index (χ3v) is 2.27. The van der Waals surface area contributed by atoms with Crippen LogP contribution in [0, 0.1) is 11.3 Å². The third kappa shape index (κ3) is 2.95. The van der Waals surface area contributed by atoms with E-state index in [4.69, 9.17) is 15.1 Å². The molecular weight excluding hydrogens is 234 g/mol. The summed E-state index contributed by atoms with van der Waals surface area (Å²) in [5.41, 5.74) is 0.491. The van der Waals surface area contributed by atoms with Gasteiger partial charge in [0.25, 0.3) is 0 Å². The fraction of sp³-hybridized carbons (Fsp3) is 0.154. The summed E-state index contributed by atoms with van der Waals surface area (Å²) in [6.07, 6.45) is 1.23. The molecule has 0 aliphatic heterocycles. The van der Waals surface area contributed by atoms with Crippen LogP contribution in [0.1, 0.15) is 18.1 Å². The number of Topliss-reactive ketones (excluding diaryl/α,β-unsaturated/α-hetero) is 1. The average Bonchev–Trinajstić information content (AvgIpc) is 2.34. The van der Waals surface area contributed by atoms with Crippen LogP contribution in [0.5, 0.6) is 5.75 Å². The molecule has 0 amide bonds. The summed E-state index contributed by atoms with van der Waals surface area (Å²) in [6.45, 7) is 1.18. The van der Waals surface area contributed by atoms with E-state index in [0.29, 0.717) is 16.9 Å². The standard InChI is InChI=1S/C13H11NO4/c1-8(15)11(13(16)17)6-10-4-3-9(7-14)5-12(10)18-2/h3-6H,1-2H3,(H,16,17)/b11-6-. The Kier molecular flexibility index (Phi) is 4.22. The molecule has 92 valence electrons. The lowest BCUT2D eigenvalue weighted by Crippen LogP contribution is -2.08. The highest BCUT2D eigenvalue weighted by atomic mass is 16.5. The molecule has 0 saturated carbocycles. The van der Waals surface area contributed by atoms with Crippen molar-refractivity contribution in [2.45, 2.75) is 6.92 Å². The fourth-order valence-electron chi connectivity index (χ4n) is 1.37. The van der Waals surface area contributed by atoms with Crippen LogP contribution in [0.3, 0.4) is 0 Å². The lowest BCUT2D eigenvalue weighted by atomic mass is 10.1. The molecule has 0 aliphatic rings. The van der Waals surface area contributed by atoms with Crippen molar-refractivity contribution in [3.8, 4) is 11.8 Å². The van der Waals surface area contributed by atoms with E-state index in [1.54, 1.807) is 0 Å². The quantitative estimate of drug-likeness (QED) is 0.494. The van der Waals surface area contributed by atoms with Gasteiger partial charge in [0, 0.05) is 5.56 Å². The second-order valence-corrected chi connectivity index (χ2v) is 3.49. The minimum atomic E-state index is -1.30. The summed E-state index contributed by atoms with van der Waals surface area (Å²) in [5, 5.41) is 17.6. The highest BCUT2D eigenvalue weighted by Crippen LogP contribution is 2.22. The second-order valence-electron chi connectivity index (χ2n) is 3.49. The summed E-state index contributed by atoms with van der Waals surface area (Å²) in [7, 11) is 1.40. The molecule has 0 spiro atoms. The number of carbonyl (C=O) groups excluding carboxylic acids is 1. The van der Waals surface area contributed by atoms with Gasteiger partial charge in [-0.1, -0.05) is 0 Å². The number of rotatable bonds is 4. The van der Waals surface area contributed by atoms with Crippen LogP contribution in [0.15, 0.2) is 23.8 Å². The molecule has 18 heavy (non-hydrogen) atoms. The molecule has 1 aromatic rings. The number of carbonyl (C=O) groups is 2. The SMILES string of the molecule is COc1cc(C#N)ccc1/C=C(/C(C)=O)C(=O)O. The number of aliphatic carboxylic acids is 1. The van der Waals surface area contributed by atoms with E-state index >= 15 is 0 Å². The monoisotopic (exact) mass is 245 g/mol. The largest absolute Gasteiger partial charge is 0.496 e. The van der Waals surface area contributed by atoms with Gasteiger partial charge in [0.15, 0.2) is 5.78 Å². The van der Waals surface area contributed by atoms with Gasteiger partial charge in [-0.3, -0.25) is 4.79 Å². The number of ether oxygens (including phenoxy) is 1. The van der Waals surface area contributed by atoms with Crippen molar-refractivity contribution in [1.29, 1.82) is 5.26 Å². The van der Waals surface area contributed by atoms with Gasteiger partial charge in [0.1, 0.15) is 11.3 Å². The van der Waals surface area contributed by atoms with E-state index in [1.165, 1.54) is 38.3 Å². The highest BCUT2D eigenvalue weighted by molar-refractivity contribution is 6.19. The molecule has 0 radical (unpaired) electrons. The van der Waals surface area contributed by atoms with E-state index < -0.39 is 11.8 Å². The Balaban J connectivity index is 3.33. The summed E-state index contributed by atoms with van der Waals surface area (Å²) in [5.74, 6) is -1.50. The predicted octanol–water partition coefficient (Wildman–Crippen LogP) is 1.62. The van der Waals surface area contributed by atoms with Crippen LogP contribution >= 0.6 is 0 Å². The number of hydrogen-bond donors (Lipinski definition) is 1. The Morgan fingerprint density at radius 1 is 1.44 bits per heavy atom. The van der Waals surface area contributed by atoms with Crippen LogP contribution in [-0.2, 0) is 9.59 Å². The van der Waals surface area contributed by atoms with Crippen molar-refractivity contribution in [3.63, 3.8) is 0 Å². The number of ketones is 1. The average molecular weight is 245 g/mol. The van der Waals surface area contributed by atoms with Gasteiger partial charge in [-0.25, -0.2) is 4.79 Å². The van der Waals surface area contributed by atoms with Crippen LogP contribution in [0.4, 0.5) is 0 Å². The molecule has 1 rings (SSSR count). The normalized spacial score (nSPS) is 10.6. The molecule has 1 N–H and O–H groups in total. The molecule has 0 bridgehead atoms. The molecule has 0 heterocycles.